The number of carbonyl (C=O) groups is 1. The van der Waals surface area contributed by atoms with Gasteiger partial charge in [0.05, 0.1) is 0 Å². The molecule has 3 aromatic rings. The molecular weight excluding hydrogens is 350 g/mol. The highest BCUT2D eigenvalue weighted by molar-refractivity contribution is 5.89. The number of aromatic nitrogens is 1. The van der Waals surface area contributed by atoms with Crippen LogP contribution in [0.3, 0.4) is 0 Å². The van der Waals surface area contributed by atoms with E-state index in [2.05, 4.69) is 46.5 Å². The van der Waals surface area contributed by atoms with Crippen molar-refractivity contribution in [2.75, 3.05) is 0 Å². The second-order valence-electron chi connectivity index (χ2n) is 8.98. The summed E-state index contributed by atoms with van der Waals surface area (Å²) in [5.74, 6) is 0.484. The molecule has 0 radical (unpaired) electrons. The molecule has 0 bridgehead atoms. The van der Waals surface area contributed by atoms with Gasteiger partial charge in [-0.15, -0.1) is 0 Å². The Labute approximate surface area is 166 Å². The molecule has 2 aromatic carbocycles. The van der Waals surface area contributed by atoms with Gasteiger partial charge in [-0.25, -0.2) is 9.78 Å². The Hall–Kier alpha value is -2.88. The van der Waals surface area contributed by atoms with Gasteiger partial charge in [0.1, 0.15) is 12.0 Å². The van der Waals surface area contributed by atoms with E-state index in [1.54, 1.807) is 0 Å². The summed E-state index contributed by atoms with van der Waals surface area (Å²) in [5.41, 5.74) is 2.60. The molecule has 4 nitrogen and oxygen atoms in total. The molecule has 0 aliphatic carbocycles. The van der Waals surface area contributed by atoms with Gasteiger partial charge in [-0.05, 0) is 23.0 Å². The average Bonchev–Trinajstić information content (AvgIpc) is 3.11. The lowest BCUT2D eigenvalue weighted by Gasteiger charge is -2.28. The number of oxazole rings is 1. The van der Waals surface area contributed by atoms with Crippen LogP contribution in [0.4, 0.5) is 0 Å². The largest absolute Gasteiger partial charge is 0.444 e. The summed E-state index contributed by atoms with van der Waals surface area (Å²) in [5, 5.41) is 0. The monoisotopic (exact) mass is 377 g/mol. The third kappa shape index (κ3) is 4.16. The zero-order chi connectivity index (χ0) is 20.5. The molecule has 0 atom stereocenters. The van der Waals surface area contributed by atoms with Gasteiger partial charge >= 0.3 is 5.97 Å². The van der Waals surface area contributed by atoms with Gasteiger partial charge in [0.25, 0.3) is 0 Å². The molecule has 4 heteroatoms. The Kier molecular flexibility index (Phi) is 5.16. The van der Waals surface area contributed by atoms with Crippen LogP contribution in [0.2, 0.25) is 0 Å². The van der Waals surface area contributed by atoms with E-state index < -0.39 is 5.97 Å². The first kappa shape index (κ1) is 19.9. The van der Waals surface area contributed by atoms with E-state index in [4.69, 9.17) is 9.15 Å². The van der Waals surface area contributed by atoms with Gasteiger partial charge in [-0.3, -0.25) is 0 Å². The Bertz CT molecular complexity index is 941. The maximum atomic E-state index is 12.9. The number of rotatable bonds is 3. The topological polar surface area (TPSA) is 52.3 Å². The van der Waals surface area contributed by atoms with Crippen LogP contribution in [0.15, 0.2) is 59.2 Å². The van der Waals surface area contributed by atoms with E-state index in [9.17, 15) is 4.79 Å². The maximum Gasteiger partial charge on any atom is 0.365 e. The van der Waals surface area contributed by atoms with Crippen LogP contribution in [0, 0.1) is 0 Å². The van der Waals surface area contributed by atoms with Crippen LogP contribution in [0.5, 0.6) is 5.75 Å². The van der Waals surface area contributed by atoms with Crippen molar-refractivity contribution < 1.29 is 13.9 Å². The highest BCUT2D eigenvalue weighted by atomic mass is 16.5. The second kappa shape index (κ2) is 7.27. The van der Waals surface area contributed by atoms with E-state index in [0.717, 1.165) is 16.7 Å². The van der Waals surface area contributed by atoms with Gasteiger partial charge in [0, 0.05) is 16.7 Å². The van der Waals surface area contributed by atoms with Crippen molar-refractivity contribution in [2.24, 2.45) is 0 Å². The van der Waals surface area contributed by atoms with Crippen molar-refractivity contribution in [3.63, 3.8) is 0 Å². The third-order valence-electron chi connectivity index (χ3n) is 4.56. The minimum absolute atomic E-state index is 0.155. The number of para-hydroxylation sites is 1. The maximum absolute atomic E-state index is 12.9. The Morgan fingerprint density at radius 1 is 0.857 bits per heavy atom. The highest BCUT2D eigenvalue weighted by Crippen LogP contribution is 2.39. The fourth-order valence-electron chi connectivity index (χ4n) is 3.05. The number of carbonyl (C=O) groups excluding carboxylic acids is 1. The van der Waals surface area contributed by atoms with Crippen LogP contribution in [0.25, 0.3) is 11.5 Å². The van der Waals surface area contributed by atoms with E-state index in [-0.39, 0.29) is 16.5 Å². The normalized spacial score (nSPS) is 12.1. The smallest absolute Gasteiger partial charge is 0.365 e. The summed E-state index contributed by atoms with van der Waals surface area (Å²) >= 11 is 0. The standard InChI is InChI=1S/C24H27NO3/c1-23(2,3)17-13-10-14-18(24(4,5)6)20(17)28-22(26)19-15-27-21(25-19)16-11-8-7-9-12-16/h7-15H,1-6H3. The lowest BCUT2D eigenvalue weighted by atomic mass is 9.79. The minimum atomic E-state index is -0.520. The van der Waals surface area contributed by atoms with Crippen molar-refractivity contribution in [3.8, 4) is 17.2 Å². The van der Waals surface area contributed by atoms with Gasteiger partial charge in [0.2, 0.25) is 5.89 Å². The fourth-order valence-corrected chi connectivity index (χ4v) is 3.05. The molecule has 0 spiro atoms. The molecule has 0 amide bonds. The van der Waals surface area contributed by atoms with Gasteiger partial charge in [0.15, 0.2) is 5.69 Å². The van der Waals surface area contributed by atoms with Crippen molar-refractivity contribution in [1.29, 1.82) is 0 Å². The highest BCUT2D eigenvalue weighted by Gasteiger charge is 2.29. The first-order valence-electron chi connectivity index (χ1n) is 9.44. The summed E-state index contributed by atoms with van der Waals surface area (Å²) in [6.45, 7) is 12.6. The number of hydrogen-bond acceptors (Lipinski definition) is 4. The number of ether oxygens (including phenoxy) is 1. The Morgan fingerprint density at radius 2 is 1.43 bits per heavy atom. The summed E-state index contributed by atoms with van der Waals surface area (Å²) in [7, 11) is 0. The first-order valence-corrected chi connectivity index (χ1v) is 9.44. The number of nitrogens with zero attached hydrogens (tertiary/aromatic N) is 1. The summed E-state index contributed by atoms with van der Waals surface area (Å²) in [6, 6.07) is 15.5. The van der Waals surface area contributed by atoms with Crippen molar-refractivity contribution in [1.82, 2.24) is 4.98 Å². The molecular formula is C24H27NO3. The predicted octanol–water partition coefficient (Wildman–Crippen LogP) is 6.16. The molecule has 0 saturated heterocycles. The Balaban J connectivity index is 1.97. The quantitative estimate of drug-likeness (QED) is 0.405. The number of benzene rings is 2. The van der Waals surface area contributed by atoms with Crippen LogP contribution in [-0.2, 0) is 10.8 Å². The van der Waals surface area contributed by atoms with E-state index >= 15 is 0 Å². The molecule has 1 aromatic heterocycles. The van der Waals surface area contributed by atoms with Gasteiger partial charge in [-0.1, -0.05) is 77.9 Å². The number of esters is 1. The summed E-state index contributed by atoms with van der Waals surface area (Å²) in [4.78, 5) is 17.2. The van der Waals surface area contributed by atoms with E-state index in [0.29, 0.717) is 11.6 Å². The lowest BCUT2D eigenvalue weighted by Crippen LogP contribution is -2.22. The molecule has 0 aliphatic rings. The molecule has 0 unspecified atom stereocenters. The average molecular weight is 377 g/mol. The van der Waals surface area contributed by atoms with Crippen molar-refractivity contribution in [3.05, 3.63) is 71.6 Å². The number of hydrogen-bond donors (Lipinski definition) is 0. The minimum Gasteiger partial charge on any atom is -0.444 e. The summed E-state index contributed by atoms with van der Waals surface area (Å²) < 4.78 is 11.4. The van der Waals surface area contributed by atoms with E-state index in [1.165, 1.54) is 6.26 Å². The molecule has 0 saturated carbocycles. The fraction of sp³-hybridized carbons (Fsp3) is 0.333. The second-order valence-corrected chi connectivity index (χ2v) is 8.98. The molecule has 146 valence electrons. The SMILES string of the molecule is CC(C)(C)c1cccc(C(C)(C)C)c1OC(=O)c1coc(-c2ccccc2)n1. The van der Waals surface area contributed by atoms with Crippen LogP contribution < -0.4 is 4.74 Å². The molecule has 3 rings (SSSR count). The molecule has 0 fully saturated rings. The lowest BCUT2D eigenvalue weighted by molar-refractivity contribution is 0.0722. The van der Waals surface area contributed by atoms with Crippen molar-refractivity contribution in [2.45, 2.75) is 52.4 Å². The third-order valence-corrected chi connectivity index (χ3v) is 4.56. The van der Waals surface area contributed by atoms with Crippen molar-refractivity contribution >= 4 is 5.97 Å². The molecule has 0 aliphatic heterocycles. The van der Waals surface area contributed by atoms with Gasteiger partial charge < -0.3 is 9.15 Å². The van der Waals surface area contributed by atoms with Crippen LogP contribution in [-0.4, -0.2) is 11.0 Å². The first-order chi connectivity index (χ1) is 13.1. The predicted molar refractivity (Wildman–Crippen MR) is 111 cm³/mol. The Morgan fingerprint density at radius 3 is 1.96 bits per heavy atom. The van der Waals surface area contributed by atoms with Crippen LogP contribution in [0.1, 0.15) is 63.2 Å². The molecule has 28 heavy (non-hydrogen) atoms. The van der Waals surface area contributed by atoms with Gasteiger partial charge in [-0.2, -0.15) is 0 Å². The van der Waals surface area contributed by atoms with E-state index in [1.807, 2.05) is 48.5 Å². The zero-order valence-electron chi connectivity index (χ0n) is 17.4. The molecule has 1 heterocycles. The van der Waals surface area contributed by atoms with Crippen LogP contribution >= 0.6 is 0 Å². The zero-order valence-corrected chi connectivity index (χ0v) is 17.4. The summed E-state index contributed by atoms with van der Waals surface area (Å²) in [6.07, 6.45) is 1.35. The molecule has 0 N–H and O–H groups in total.